The Morgan fingerprint density at radius 2 is 1.82 bits per heavy atom. The second kappa shape index (κ2) is 7.29. The summed E-state index contributed by atoms with van der Waals surface area (Å²) in [6, 6.07) is 18.7. The Bertz CT molecular complexity index is 1250. The van der Waals surface area contributed by atoms with Gasteiger partial charge in [-0.15, -0.1) is 0 Å². The zero-order chi connectivity index (χ0) is 19.7. The van der Waals surface area contributed by atoms with E-state index in [2.05, 4.69) is 25.6 Å². The van der Waals surface area contributed by atoms with Crippen LogP contribution in [0.1, 0.15) is 0 Å². The lowest BCUT2D eigenvalue weighted by atomic mass is 10.2. The minimum atomic E-state index is -3.67. The average molecular weight is 459 g/mol. The highest BCUT2D eigenvalue weighted by atomic mass is 79.9. The van der Waals surface area contributed by atoms with Gasteiger partial charge in [0.1, 0.15) is 11.3 Å². The molecule has 0 radical (unpaired) electrons. The van der Waals surface area contributed by atoms with Crippen LogP contribution in [0.5, 0.6) is 5.75 Å². The van der Waals surface area contributed by atoms with Crippen molar-refractivity contribution in [3.63, 3.8) is 0 Å². The summed E-state index contributed by atoms with van der Waals surface area (Å²) in [5.74, 6) is 1.14. The molecule has 0 amide bonds. The number of hydrogen-bond donors (Lipinski definition) is 1. The van der Waals surface area contributed by atoms with Crippen LogP contribution in [0.2, 0.25) is 0 Å². The average Bonchev–Trinajstić information content (AvgIpc) is 3.11. The molecule has 0 spiro atoms. The maximum atomic E-state index is 12.5. The van der Waals surface area contributed by atoms with Crippen LogP contribution in [0.25, 0.3) is 22.6 Å². The smallest absolute Gasteiger partial charge is 0.261 e. The van der Waals surface area contributed by atoms with Gasteiger partial charge in [-0.3, -0.25) is 4.72 Å². The quantitative estimate of drug-likeness (QED) is 0.451. The molecule has 0 saturated heterocycles. The molecule has 0 fully saturated rings. The van der Waals surface area contributed by atoms with Gasteiger partial charge in [0.25, 0.3) is 10.0 Å². The molecule has 0 saturated carbocycles. The molecule has 0 aliphatic carbocycles. The first-order valence-corrected chi connectivity index (χ1v) is 10.6. The minimum absolute atomic E-state index is 0.194. The Balaban J connectivity index is 1.66. The van der Waals surface area contributed by atoms with E-state index in [1.807, 2.05) is 18.2 Å². The first kappa shape index (κ1) is 18.5. The molecule has 28 heavy (non-hydrogen) atoms. The standard InChI is InChI=1S/C20H15BrN2O4S/c1-26-18-9-7-13(11-16(18)21)20-22-17-12-14(8-10-19(17)27-20)23-28(24,25)15-5-3-2-4-6-15/h2-12,23H,1H3. The van der Waals surface area contributed by atoms with Crippen LogP contribution in [-0.2, 0) is 10.0 Å². The summed E-state index contributed by atoms with van der Waals surface area (Å²) in [6.07, 6.45) is 0. The van der Waals surface area contributed by atoms with E-state index >= 15 is 0 Å². The molecule has 0 bridgehead atoms. The highest BCUT2D eigenvalue weighted by Crippen LogP contribution is 2.32. The monoisotopic (exact) mass is 458 g/mol. The molecule has 0 aliphatic rings. The van der Waals surface area contributed by atoms with Crippen molar-refractivity contribution in [2.24, 2.45) is 0 Å². The number of rotatable bonds is 5. The van der Waals surface area contributed by atoms with E-state index in [1.54, 1.807) is 43.5 Å². The summed E-state index contributed by atoms with van der Waals surface area (Å²) >= 11 is 3.44. The number of oxazole rings is 1. The number of sulfonamides is 1. The zero-order valence-electron chi connectivity index (χ0n) is 14.7. The SMILES string of the molecule is COc1ccc(-c2nc3cc(NS(=O)(=O)c4ccccc4)ccc3o2)cc1Br. The van der Waals surface area contributed by atoms with Crippen LogP contribution in [-0.4, -0.2) is 20.5 Å². The molecular weight excluding hydrogens is 444 g/mol. The molecule has 0 unspecified atom stereocenters. The van der Waals surface area contributed by atoms with Crippen LogP contribution >= 0.6 is 15.9 Å². The topological polar surface area (TPSA) is 81.4 Å². The Hall–Kier alpha value is -2.84. The number of ether oxygens (including phenoxy) is 1. The molecule has 3 aromatic carbocycles. The summed E-state index contributed by atoms with van der Waals surface area (Å²) in [4.78, 5) is 4.67. The van der Waals surface area contributed by atoms with Gasteiger partial charge in [-0.25, -0.2) is 13.4 Å². The zero-order valence-corrected chi connectivity index (χ0v) is 17.1. The van der Waals surface area contributed by atoms with Crippen LogP contribution in [0.4, 0.5) is 5.69 Å². The van der Waals surface area contributed by atoms with Gasteiger partial charge in [0, 0.05) is 5.56 Å². The molecule has 142 valence electrons. The molecule has 1 heterocycles. The lowest BCUT2D eigenvalue weighted by Crippen LogP contribution is -2.12. The van der Waals surface area contributed by atoms with Crippen molar-refractivity contribution >= 4 is 42.7 Å². The van der Waals surface area contributed by atoms with E-state index in [0.29, 0.717) is 28.4 Å². The van der Waals surface area contributed by atoms with Gasteiger partial charge in [0.2, 0.25) is 5.89 Å². The van der Waals surface area contributed by atoms with Gasteiger partial charge in [-0.1, -0.05) is 18.2 Å². The summed E-state index contributed by atoms with van der Waals surface area (Å²) in [5.41, 5.74) is 2.29. The Kier molecular flexibility index (Phi) is 4.82. The lowest BCUT2D eigenvalue weighted by Gasteiger charge is -2.07. The van der Waals surface area contributed by atoms with Crippen molar-refractivity contribution in [2.45, 2.75) is 4.90 Å². The molecule has 0 atom stereocenters. The number of nitrogens with zero attached hydrogens (tertiary/aromatic N) is 1. The highest BCUT2D eigenvalue weighted by Gasteiger charge is 2.15. The van der Waals surface area contributed by atoms with Crippen molar-refractivity contribution < 1.29 is 17.6 Å². The fraction of sp³-hybridized carbons (Fsp3) is 0.0500. The third kappa shape index (κ3) is 3.61. The van der Waals surface area contributed by atoms with E-state index in [9.17, 15) is 8.42 Å². The largest absolute Gasteiger partial charge is 0.496 e. The van der Waals surface area contributed by atoms with Gasteiger partial charge in [-0.05, 0) is 64.5 Å². The minimum Gasteiger partial charge on any atom is -0.496 e. The highest BCUT2D eigenvalue weighted by molar-refractivity contribution is 9.10. The Labute approximate surface area is 170 Å². The number of benzene rings is 3. The number of halogens is 1. The summed E-state index contributed by atoms with van der Waals surface area (Å²) in [7, 11) is -2.07. The van der Waals surface area contributed by atoms with Crippen LogP contribution in [0.15, 0.2) is 80.5 Å². The normalized spacial score (nSPS) is 11.5. The van der Waals surface area contributed by atoms with Gasteiger partial charge in [0.05, 0.1) is 22.2 Å². The number of nitrogens with one attached hydrogen (secondary N) is 1. The molecule has 1 aromatic heterocycles. The van der Waals surface area contributed by atoms with Gasteiger partial charge < -0.3 is 9.15 Å². The second-order valence-corrected chi connectivity index (χ2v) is 8.51. The van der Waals surface area contributed by atoms with E-state index in [1.165, 1.54) is 12.1 Å². The maximum absolute atomic E-state index is 12.5. The second-order valence-electron chi connectivity index (χ2n) is 5.97. The molecule has 4 aromatic rings. The van der Waals surface area contributed by atoms with Gasteiger partial charge in [0.15, 0.2) is 5.58 Å². The Morgan fingerprint density at radius 1 is 1.04 bits per heavy atom. The lowest BCUT2D eigenvalue weighted by molar-refractivity contribution is 0.412. The fourth-order valence-electron chi connectivity index (χ4n) is 2.73. The van der Waals surface area contributed by atoms with Crippen molar-refractivity contribution in [3.8, 4) is 17.2 Å². The molecule has 0 aliphatic heterocycles. The molecule has 6 nitrogen and oxygen atoms in total. The number of aromatic nitrogens is 1. The molecule has 4 rings (SSSR count). The van der Waals surface area contributed by atoms with Crippen LogP contribution in [0, 0.1) is 0 Å². The summed E-state index contributed by atoms with van der Waals surface area (Å²) < 4.78 is 39.4. The van der Waals surface area contributed by atoms with E-state index < -0.39 is 10.0 Å². The molecular formula is C20H15BrN2O4S. The van der Waals surface area contributed by atoms with Crippen molar-refractivity contribution in [1.82, 2.24) is 4.98 Å². The predicted molar refractivity (Wildman–Crippen MR) is 111 cm³/mol. The summed E-state index contributed by atoms with van der Waals surface area (Å²) in [6.45, 7) is 0. The van der Waals surface area contributed by atoms with Gasteiger partial charge >= 0.3 is 0 Å². The van der Waals surface area contributed by atoms with Crippen molar-refractivity contribution in [3.05, 3.63) is 71.2 Å². The fourth-order valence-corrected chi connectivity index (χ4v) is 4.34. The molecule has 1 N–H and O–H groups in total. The number of hydrogen-bond acceptors (Lipinski definition) is 5. The van der Waals surface area contributed by atoms with E-state index in [-0.39, 0.29) is 4.90 Å². The third-order valence-electron chi connectivity index (χ3n) is 4.09. The van der Waals surface area contributed by atoms with Crippen molar-refractivity contribution in [2.75, 3.05) is 11.8 Å². The van der Waals surface area contributed by atoms with Crippen LogP contribution in [0.3, 0.4) is 0 Å². The van der Waals surface area contributed by atoms with Crippen molar-refractivity contribution in [1.29, 1.82) is 0 Å². The predicted octanol–water partition coefficient (Wildman–Crippen LogP) is 5.07. The number of anilines is 1. The maximum Gasteiger partial charge on any atom is 0.261 e. The van der Waals surface area contributed by atoms with E-state index in [4.69, 9.17) is 9.15 Å². The number of methoxy groups -OCH3 is 1. The third-order valence-corrected chi connectivity index (χ3v) is 6.11. The van der Waals surface area contributed by atoms with E-state index in [0.717, 1.165) is 10.0 Å². The first-order valence-electron chi connectivity index (χ1n) is 8.29. The van der Waals surface area contributed by atoms with Crippen LogP contribution < -0.4 is 9.46 Å². The number of fused-ring (bicyclic) bond motifs is 1. The van der Waals surface area contributed by atoms with Gasteiger partial charge in [-0.2, -0.15) is 0 Å². The molecule has 8 heteroatoms. The summed E-state index contributed by atoms with van der Waals surface area (Å²) in [5, 5.41) is 0. The first-order chi connectivity index (χ1) is 13.5. The Morgan fingerprint density at radius 3 is 2.54 bits per heavy atom.